The van der Waals surface area contributed by atoms with Gasteiger partial charge in [0, 0.05) is 0 Å². The van der Waals surface area contributed by atoms with Gasteiger partial charge in [0.15, 0.2) is 0 Å². The fourth-order valence-corrected chi connectivity index (χ4v) is 1.71. The van der Waals surface area contributed by atoms with Crippen molar-refractivity contribution in [1.29, 1.82) is 0 Å². The first kappa shape index (κ1) is 10.4. The zero-order valence-electron chi connectivity index (χ0n) is 7.30. The average molecular weight is 201 g/mol. The van der Waals surface area contributed by atoms with Crippen molar-refractivity contribution < 1.29 is 14.1 Å². The number of hydrogen-bond donors (Lipinski definition) is 2. The van der Waals surface area contributed by atoms with E-state index < -0.39 is 7.60 Å². The molecule has 1 rings (SSSR count). The Bertz CT molecular complexity index is 323. The highest BCUT2D eigenvalue weighted by Crippen LogP contribution is 2.43. The van der Waals surface area contributed by atoms with Gasteiger partial charge >= 0.3 is 7.60 Å². The van der Waals surface area contributed by atoms with Crippen molar-refractivity contribution in [3.05, 3.63) is 35.4 Å². The second kappa shape index (κ2) is 4.03. The van der Waals surface area contributed by atoms with Crippen molar-refractivity contribution >= 4 is 7.60 Å². The van der Waals surface area contributed by atoms with E-state index in [0.29, 0.717) is 0 Å². The Kier molecular flexibility index (Phi) is 3.22. The van der Waals surface area contributed by atoms with Crippen LogP contribution in [0.1, 0.15) is 11.1 Å². The molecular formula is C8H12NO3P. The number of rotatable bonds is 3. The van der Waals surface area contributed by atoms with Crippen molar-refractivity contribution in [1.82, 2.24) is 0 Å². The predicted octanol–water partition coefficient (Wildman–Crippen LogP) is 1.57. The Hall–Kier alpha value is -0.670. The van der Waals surface area contributed by atoms with Gasteiger partial charge in [-0.1, -0.05) is 29.8 Å². The topological polar surface area (TPSA) is 72.5 Å². The standard InChI is InChI=1S/C8H12NO3P/c1-7-2-4-8(5-3-7)6-13(10,11)12-9/h2-5H,6,9H2,1H3,(H,10,11). The van der Waals surface area contributed by atoms with Crippen LogP contribution in [-0.2, 0) is 15.4 Å². The van der Waals surface area contributed by atoms with Crippen LogP contribution in [0.25, 0.3) is 0 Å². The predicted molar refractivity (Wildman–Crippen MR) is 50.0 cm³/mol. The summed E-state index contributed by atoms with van der Waals surface area (Å²) >= 11 is 0. The van der Waals surface area contributed by atoms with Gasteiger partial charge in [-0.05, 0) is 12.5 Å². The zero-order chi connectivity index (χ0) is 9.90. The van der Waals surface area contributed by atoms with E-state index in [0.717, 1.165) is 11.1 Å². The summed E-state index contributed by atoms with van der Waals surface area (Å²) in [5, 5.41) is 0. The van der Waals surface area contributed by atoms with Crippen LogP contribution in [0.2, 0.25) is 0 Å². The summed E-state index contributed by atoms with van der Waals surface area (Å²) in [6.45, 7) is 1.95. The van der Waals surface area contributed by atoms with E-state index in [4.69, 9.17) is 4.89 Å². The molecule has 0 saturated carbocycles. The van der Waals surface area contributed by atoms with Crippen LogP contribution in [-0.4, -0.2) is 4.89 Å². The van der Waals surface area contributed by atoms with E-state index in [9.17, 15) is 4.57 Å². The van der Waals surface area contributed by atoms with Gasteiger partial charge in [0.25, 0.3) is 0 Å². The van der Waals surface area contributed by atoms with Crippen molar-refractivity contribution in [3.63, 3.8) is 0 Å². The van der Waals surface area contributed by atoms with Crippen molar-refractivity contribution in [2.24, 2.45) is 5.90 Å². The fourth-order valence-electron chi connectivity index (χ4n) is 0.961. The van der Waals surface area contributed by atoms with Gasteiger partial charge in [-0.2, -0.15) is 0 Å². The fraction of sp³-hybridized carbons (Fsp3) is 0.250. The molecule has 1 aromatic carbocycles. The molecule has 0 saturated heterocycles. The molecule has 0 fully saturated rings. The summed E-state index contributed by atoms with van der Waals surface area (Å²) in [7, 11) is -3.63. The van der Waals surface area contributed by atoms with Gasteiger partial charge in [0.2, 0.25) is 0 Å². The molecule has 0 aliphatic carbocycles. The molecule has 1 atom stereocenters. The van der Waals surface area contributed by atoms with E-state index in [1.54, 1.807) is 12.1 Å². The van der Waals surface area contributed by atoms with E-state index in [2.05, 4.69) is 10.5 Å². The molecular weight excluding hydrogens is 189 g/mol. The van der Waals surface area contributed by atoms with Crippen molar-refractivity contribution in [2.75, 3.05) is 0 Å². The molecule has 4 nitrogen and oxygen atoms in total. The molecule has 13 heavy (non-hydrogen) atoms. The molecule has 0 aliphatic heterocycles. The molecule has 5 heteroatoms. The summed E-state index contributed by atoms with van der Waals surface area (Å²) in [5.74, 6) is 4.67. The second-order valence-corrected chi connectivity index (χ2v) is 4.69. The van der Waals surface area contributed by atoms with Crippen LogP contribution >= 0.6 is 7.60 Å². The van der Waals surface area contributed by atoms with Gasteiger partial charge in [0.05, 0.1) is 6.16 Å². The highest BCUT2D eigenvalue weighted by atomic mass is 31.2. The molecule has 1 aromatic rings. The molecule has 0 aromatic heterocycles. The summed E-state index contributed by atoms with van der Waals surface area (Å²) in [5.41, 5.74) is 1.84. The zero-order valence-corrected chi connectivity index (χ0v) is 8.20. The van der Waals surface area contributed by atoms with E-state index >= 15 is 0 Å². The summed E-state index contributed by atoms with van der Waals surface area (Å²) in [6, 6.07) is 7.28. The van der Waals surface area contributed by atoms with Gasteiger partial charge < -0.3 is 4.89 Å². The molecule has 0 bridgehead atoms. The Morgan fingerprint density at radius 3 is 2.46 bits per heavy atom. The van der Waals surface area contributed by atoms with E-state index in [1.165, 1.54) is 0 Å². The number of hydrogen-bond acceptors (Lipinski definition) is 3. The number of aryl methyl sites for hydroxylation is 1. The minimum absolute atomic E-state index is 0.0518. The Labute approximate surface area is 76.8 Å². The highest BCUT2D eigenvalue weighted by Gasteiger charge is 2.18. The second-order valence-electron chi connectivity index (χ2n) is 2.89. The lowest BCUT2D eigenvalue weighted by molar-refractivity contribution is 0.267. The third-order valence-electron chi connectivity index (χ3n) is 1.67. The first-order valence-electron chi connectivity index (χ1n) is 3.79. The molecule has 72 valence electrons. The number of benzene rings is 1. The molecule has 0 radical (unpaired) electrons. The van der Waals surface area contributed by atoms with Crippen LogP contribution in [0.3, 0.4) is 0 Å². The Morgan fingerprint density at radius 2 is 2.00 bits per heavy atom. The van der Waals surface area contributed by atoms with E-state index in [-0.39, 0.29) is 6.16 Å². The molecule has 0 amide bonds. The van der Waals surface area contributed by atoms with Crippen LogP contribution in [0.4, 0.5) is 0 Å². The largest absolute Gasteiger partial charge is 0.348 e. The highest BCUT2D eigenvalue weighted by molar-refractivity contribution is 7.51. The summed E-state index contributed by atoms with van der Waals surface area (Å²) in [4.78, 5) is 9.05. The molecule has 0 aliphatic rings. The smallest absolute Gasteiger partial charge is 0.323 e. The maximum absolute atomic E-state index is 11.0. The third-order valence-corrected chi connectivity index (χ3v) is 2.76. The average Bonchev–Trinajstić information content (AvgIpc) is 2.09. The maximum atomic E-state index is 11.0. The van der Waals surface area contributed by atoms with Crippen LogP contribution < -0.4 is 5.90 Å². The summed E-state index contributed by atoms with van der Waals surface area (Å²) < 4.78 is 15.0. The molecule has 3 N–H and O–H groups in total. The molecule has 0 heterocycles. The number of nitrogens with two attached hydrogens (primary N) is 1. The quantitative estimate of drug-likeness (QED) is 0.575. The van der Waals surface area contributed by atoms with Crippen LogP contribution in [0, 0.1) is 6.92 Å². The summed E-state index contributed by atoms with van der Waals surface area (Å²) in [6.07, 6.45) is -0.0518. The van der Waals surface area contributed by atoms with Gasteiger partial charge in [-0.25, -0.2) is 10.5 Å². The van der Waals surface area contributed by atoms with Crippen molar-refractivity contribution in [2.45, 2.75) is 13.1 Å². The normalized spacial score (nSPS) is 15.3. The minimum Gasteiger partial charge on any atom is -0.323 e. The Morgan fingerprint density at radius 1 is 1.46 bits per heavy atom. The van der Waals surface area contributed by atoms with Crippen LogP contribution in [0.5, 0.6) is 0 Å². The third kappa shape index (κ3) is 3.28. The Balaban J connectivity index is 2.75. The maximum Gasteiger partial charge on any atom is 0.348 e. The monoisotopic (exact) mass is 201 g/mol. The molecule has 1 unspecified atom stereocenters. The van der Waals surface area contributed by atoms with Crippen LogP contribution in [0.15, 0.2) is 24.3 Å². The first-order valence-corrected chi connectivity index (χ1v) is 5.55. The lowest BCUT2D eigenvalue weighted by Gasteiger charge is -2.07. The van der Waals surface area contributed by atoms with E-state index in [1.807, 2.05) is 19.1 Å². The first-order chi connectivity index (χ1) is 6.03. The lowest BCUT2D eigenvalue weighted by Crippen LogP contribution is -1.98. The minimum atomic E-state index is -3.63. The lowest BCUT2D eigenvalue weighted by atomic mass is 10.2. The van der Waals surface area contributed by atoms with Gasteiger partial charge in [-0.15, -0.1) is 0 Å². The van der Waals surface area contributed by atoms with Gasteiger partial charge in [0.1, 0.15) is 0 Å². The SMILES string of the molecule is Cc1ccc(CP(=O)(O)ON)cc1. The van der Waals surface area contributed by atoms with Gasteiger partial charge in [-0.3, -0.25) is 4.57 Å². The molecule has 0 spiro atoms. The van der Waals surface area contributed by atoms with Crippen molar-refractivity contribution in [3.8, 4) is 0 Å².